The summed E-state index contributed by atoms with van der Waals surface area (Å²) >= 11 is 6.22. The highest BCUT2D eigenvalue weighted by atomic mass is 35.5. The van der Waals surface area contributed by atoms with E-state index in [4.69, 9.17) is 22.4 Å². The summed E-state index contributed by atoms with van der Waals surface area (Å²) in [7, 11) is 0. The zero-order chi connectivity index (χ0) is 20.4. The molecule has 150 valence electrons. The van der Waals surface area contributed by atoms with Gasteiger partial charge in [0.2, 0.25) is 0 Å². The lowest BCUT2D eigenvalue weighted by Gasteiger charge is -2.40. The average molecular weight is 408 g/mol. The van der Waals surface area contributed by atoms with E-state index in [9.17, 15) is 4.79 Å². The second-order valence-electron chi connectivity index (χ2n) is 8.10. The second kappa shape index (κ2) is 8.13. The minimum atomic E-state index is -0.0842. The van der Waals surface area contributed by atoms with Gasteiger partial charge in [-0.05, 0) is 62.4 Å². The first-order valence-corrected chi connectivity index (χ1v) is 10.5. The quantitative estimate of drug-likeness (QED) is 0.670. The molecule has 1 aromatic heterocycles. The van der Waals surface area contributed by atoms with Crippen LogP contribution >= 0.6 is 11.6 Å². The number of aromatic nitrogens is 2. The van der Waals surface area contributed by atoms with Crippen LogP contribution in [0.3, 0.4) is 0 Å². The Hall–Kier alpha value is -2.43. The molecule has 2 N–H and O–H groups in total. The van der Waals surface area contributed by atoms with Crippen LogP contribution in [0.25, 0.3) is 11.3 Å². The van der Waals surface area contributed by atoms with Gasteiger partial charge < -0.3 is 5.73 Å². The zero-order valence-corrected chi connectivity index (χ0v) is 17.4. The van der Waals surface area contributed by atoms with Crippen LogP contribution in [0.5, 0.6) is 0 Å². The van der Waals surface area contributed by atoms with Crippen LogP contribution in [0.2, 0.25) is 5.02 Å². The SMILES string of the molecule is Cc1cccc(-c2ccc(=O)n(C3CCC(CN)(c4cccc(Cl)c4)CC3)n2)c1. The van der Waals surface area contributed by atoms with Crippen molar-refractivity contribution >= 4 is 11.6 Å². The molecule has 0 saturated heterocycles. The van der Waals surface area contributed by atoms with Gasteiger partial charge in [0.1, 0.15) is 0 Å². The third kappa shape index (κ3) is 4.00. The van der Waals surface area contributed by atoms with Crippen LogP contribution < -0.4 is 11.3 Å². The van der Waals surface area contributed by atoms with E-state index >= 15 is 0 Å². The molecule has 1 aliphatic carbocycles. The predicted octanol–water partition coefficient (Wildman–Crippen LogP) is 4.88. The third-order valence-electron chi connectivity index (χ3n) is 6.22. The first-order chi connectivity index (χ1) is 14.0. The molecule has 0 atom stereocenters. The molecule has 1 fully saturated rings. The molecule has 0 radical (unpaired) electrons. The molecular formula is C24H26ClN3O. The minimum Gasteiger partial charge on any atom is -0.330 e. The van der Waals surface area contributed by atoms with Crippen molar-refractivity contribution in [1.29, 1.82) is 0 Å². The van der Waals surface area contributed by atoms with E-state index in [1.54, 1.807) is 10.7 Å². The van der Waals surface area contributed by atoms with Crippen molar-refractivity contribution in [2.24, 2.45) is 5.73 Å². The standard InChI is InChI=1S/C24H26ClN3O/c1-17-4-2-5-18(14-17)22-8-9-23(29)28(27-22)21-10-12-24(16-26,13-11-21)19-6-3-7-20(25)15-19/h2-9,14-15,21H,10-13,16,26H2,1H3. The Balaban J connectivity index is 1.60. The van der Waals surface area contributed by atoms with Crippen LogP contribution in [0, 0.1) is 6.92 Å². The first kappa shape index (κ1) is 19.9. The number of nitrogens with two attached hydrogens (primary N) is 1. The Morgan fingerprint density at radius 3 is 2.55 bits per heavy atom. The van der Waals surface area contributed by atoms with Gasteiger partial charge >= 0.3 is 0 Å². The van der Waals surface area contributed by atoms with Crippen LogP contribution in [0.1, 0.15) is 42.9 Å². The number of rotatable bonds is 4. The number of nitrogens with zero attached hydrogens (tertiary/aromatic N) is 2. The summed E-state index contributed by atoms with van der Waals surface area (Å²) in [5.41, 5.74) is 10.3. The average Bonchev–Trinajstić information content (AvgIpc) is 2.74. The summed E-state index contributed by atoms with van der Waals surface area (Å²) in [6, 6.07) is 19.7. The highest BCUT2D eigenvalue weighted by Gasteiger charge is 2.37. The van der Waals surface area contributed by atoms with Gasteiger partial charge in [-0.3, -0.25) is 4.79 Å². The topological polar surface area (TPSA) is 60.9 Å². The van der Waals surface area contributed by atoms with Crippen molar-refractivity contribution in [3.8, 4) is 11.3 Å². The highest BCUT2D eigenvalue weighted by molar-refractivity contribution is 6.30. The van der Waals surface area contributed by atoms with Crippen LogP contribution in [-0.2, 0) is 5.41 Å². The lowest BCUT2D eigenvalue weighted by molar-refractivity contribution is 0.222. The molecule has 0 bridgehead atoms. The molecule has 0 unspecified atom stereocenters. The third-order valence-corrected chi connectivity index (χ3v) is 6.46. The number of halogens is 1. The van der Waals surface area contributed by atoms with E-state index in [1.807, 2.05) is 36.4 Å². The first-order valence-electron chi connectivity index (χ1n) is 10.1. The Kier molecular flexibility index (Phi) is 5.57. The molecule has 29 heavy (non-hydrogen) atoms. The Labute approximate surface area is 176 Å². The number of benzene rings is 2. The molecule has 4 rings (SSSR count). The van der Waals surface area contributed by atoms with E-state index in [0.29, 0.717) is 6.54 Å². The van der Waals surface area contributed by atoms with E-state index in [2.05, 4.69) is 25.1 Å². The summed E-state index contributed by atoms with van der Waals surface area (Å²) in [4.78, 5) is 12.6. The molecule has 5 heteroatoms. The maximum absolute atomic E-state index is 12.6. The number of aryl methyl sites for hydroxylation is 1. The number of hydrogen-bond acceptors (Lipinski definition) is 3. The van der Waals surface area contributed by atoms with Gasteiger partial charge in [0.05, 0.1) is 11.7 Å². The lowest BCUT2D eigenvalue weighted by atomic mass is 9.68. The minimum absolute atomic E-state index is 0.0468. The van der Waals surface area contributed by atoms with E-state index in [-0.39, 0.29) is 17.0 Å². The zero-order valence-electron chi connectivity index (χ0n) is 16.6. The van der Waals surface area contributed by atoms with E-state index in [1.165, 1.54) is 11.1 Å². The smallest absolute Gasteiger partial charge is 0.267 e. The fraction of sp³-hybridized carbons (Fsp3) is 0.333. The van der Waals surface area contributed by atoms with Crippen molar-refractivity contribution in [3.63, 3.8) is 0 Å². The molecule has 1 aliphatic rings. The van der Waals surface area contributed by atoms with Gasteiger partial charge in [0.15, 0.2) is 0 Å². The van der Waals surface area contributed by atoms with Crippen molar-refractivity contribution in [2.45, 2.75) is 44.1 Å². The summed E-state index contributed by atoms with van der Waals surface area (Å²) in [5.74, 6) is 0. The Bertz CT molecular complexity index is 1070. The van der Waals surface area contributed by atoms with Gasteiger partial charge in [-0.1, -0.05) is 47.5 Å². The monoisotopic (exact) mass is 407 g/mol. The lowest BCUT2D eigenvalue weighted by Crippen LogP contribution is -2.41. The van der Waals surface area contributed by atoms with Gasteiger partial charge in [-0.25, -0.2) is 4.68 Å². The van der Waals surface area contributed by atoms with Crippen molar-refractivity contribution in [1.82, 2.24) is 9.78 Å². The molecule has 0 aliphatic heterocycles. The number of hydrogen-bond donors (Lipinski definition) is 1. The van der Waals surface area contributed by atoms with Crippen molar-refractivity contribution in [3.05, 3.63) is 87.2 Å². The van der Waals surface area contributed by atoms with Crippen LogP contribution in [0.4, 0.5) is 0 Å². The molecule has 1 saturated carbocycles. The largest absolute Gasteiger partial charge is 0.330 e. The molecule has 2 aromatic carbocycles. The van der Waals surface area contributed by atoms with E-state index < -0.39 is 0 Å². The van der Waals surface area contributed by atoms with E-state index in [0.717, 1.165) is 42.0 Å². The fourth-order valence-corrected chi connectivity index (χ4v) is 4.66. The van der Waals surface area contributed by atoms with Gasteiger partial charge in [0.25, 0.3) is 5.56 Å². The predicted molar refractivity (Wildman–Crippen MR) is 118 cm³/mol. The molecule has 3 aromatic rings. The van der Waals surface area contributed by atoms with Crippen molar-refractivity contribution in [2.75, 3.05) is 6.54 Å². The normalized spacial score (nSPS) is 21.8. The highest BCUT2D eigenvalue weighted by Crippen LogP contribution is 2.42. The molecule has 1 heterocycles. The van der Waals surface area contributed by atoms with Gasteiger partial charge in [0, 0.05) is 28.6 Å². The van der Waals surface area contributed by atoms with Crippen LogP contribution in [-0.4, -0.2) is 16.3 Å². The Morgan fingerprint density at radius 2 is 1.86 bits per heavy atom. The molecule has 0 amide bonds. The summed E-state index contributed by atoms with van der Waals surface area (Å²) in [5, 5.41) is 5.46. The second-order valence-corrected chi connectivity index (χ2v) is 8.53. The van der Waals surface area contributed by atoms with Crippen LogP contribution in [0.15, 0.2) is 65.5 Å². The summed E-state index contributed by atoms with van der Waals surface area (Å²) in [6.45, 7) is 2.63. The van der Waals surface area contributed by atoms with Gasteiger partial charge in [-0.2, -0.15) is 5.10 Å². The molecule has 0 spiro atoms. The fourth-order valence-electron chi connectivity index (χ4n) is 4.47. The maximum atomic E-state index is 12.6. The van der Waals surface area contributed by atoms with Gasteiger partial charge in [-0.15, -0.1) is 0 Å². The molecular weight excluding hydrogens is 382 g/mol. The maximum Gasteiger partial charge on any atom is 0.267 e. The summed E-state index contributed by atoms with van der Waals surface area (Å²) in [6.07, 6.45) is 3.57. The molecule has 4 nitrogen and oxygen atoms in total. The Morgan fingerprint density at radius 1 is 1.10 bits per heavy atom. The summed E-state index contributed by atoms with van der Waals surface area (Å²) < 4.78 is 1.68. The van der Waals surface area contributed by atoms with Crippen molar-refractivity contribution < 1.29 is 0 Å².